The van der Waals surface area contributed by atoms with Crippen LogP contribution in [0.2, 0.25) is 0 Å². The Morgan fingerprint density at radius 3 is 1.88 bits per heavy atom. The number of rotatable bonds is 14. The van der Waals surface area contributed by atoms with Crippen molar-refractivity contribution in [3.05, 3.63) is 131 Å². The van der Waals surface area contributed by atoms with Crippen molar-refractivity contribution in [3.8, 4) is 5.75 Å². The molecule has 0 saturated heterocycles. The summed E-state index contributed by atoms with van der Waals surface area (Å²) in [6, 6.07) is 34.0. The van der Waals surface area contributed by atoms with E-state index in [1.165, 1.54) is 10.6 Å². The second-order valence-electron chi connectivity index (χ2n) is 9.72. The lowest BCUT2D eigenvalue weighted by Gasteiger charge is -2.28. The van der Waals surface area contributed by atoms with E-state index in [0.717, 1.165) is 16.7 Å². The summed E-state index contributed by atoms with van der Waals surface area (Å²) in [6.07, 6.45) is 0.249. The average Bonchev–Trinajstić information content (AvgIpc) is 2.96. The highest BCUT2D eigenvalue weighted by molar-refractivity contribution is 7.92. The summed E-state index contributed by atoms with van der Waals surface area (Å²) < 4.78 is 33.6. The molecule has 4 aromatic carbocycles. The maximum absolute atomic E-state index is 13.1. The maximum atomic E-state index is 13.1. The third-order valence-corrected chi connectivity index (χ3v) is 7.67. The molecule has 7 nitrogen and oxygen atoms in total. The highest BCUT2D eigenvalue weighted by Gasteiger charge is 2.24. The van der Waals surface area contributed by atoms with Gasteiger partial charge in [-0.3, -0.25) is 9.21 Å². The molecule has 4 aromatic rings. The summed E-state index contributed by atoms with van der Waals surface area (Å²) in [4.78, 5) is 1.97. The van der Waals surface area contributed by atoms with Gasteiger partial charge in [-0.05, 0) is 34.4 Å². The SMILES string of the molecule is CS(=O)(=O)N(Cc1ccccc1)c1cc(C(O)CN(CCO)Cc2ccccc2)ccc1OCc1ccccc1. The van der Waals surface area contributed by atoms with Crippen molar-refractivity contribution in [1.82, 2.24) is 4.90 Å². The third-order valence-electron chi connectivity index (χ3n) is 6.54. The minimum Gasteiger partial charge on any atom is -0.487 e. The van der Waals surface area contributed by atoms with Crippen molar-refractivity contribution in [2.75, 3.05) is 30.3 Å². The number of anilines is 1. The summed E-state index contributed by atoms with van der Waals surface area (Å²) in [5, 5.41) is 20.9. The van der Waals surface area contributed by atoms with Crippen molar-refractivity contribution in [2.45, 2.75) is 25.8 Å². The van der Waals surface area contributed by atoms with E-state index in [4.69, 9.17) is 4.74 Å². The van der Waals surface area contributed by atoms with Crippen LogP contribution in [0, 0.1) is 0 Å². The lowest BCUT2D eigenvalue weighted by Crippen LogP contribution is -2.32. The largest absolute Gasteiger partial charge is 0.487 e. The molecule has 0 aliphatic rings. The second kappa shape index (κ2) is 14.1. The predicted molar refractivity (Wildman–Crippen MR) is 158 cm³/mol. The van der Waals surface area contributed by atoms with Gasteiger partial charge in [0.15, 0.2) is 0 Å². The van der Waals surface area contributed by atoms with Gasteiger partial charge in [-0.15, -0.1) is 0 Å². The predicted octanol–water partition coefficient (Wildman–Crippen LogP) is 4.76. The summed E-state index contributed by atoms with van der Waals surface area (Å²) in [5.41, 5.74) is 3.76. The smallest absolute Gasteiger partial charge is 0.232 e. The molecule has 2 N–H and O–H groups in total. The zero-order valence-corrected chi connectivity index (χ0v) is 23.5. The van der Waals surface area contributed by atoms with Crippen LogP contribution in [0.3, 0.4) is 0 Å². The molecule has 0 saturated carbocycles. The van der Waals surface area contributed by atoms with Crippen LogP contribution in [-0.4, -0.2) is 49.5 Å². The first kappa shape index (κ1) is 29.3. The number of benzene rings is 4. The molecule has 210 valence electrons. The minimum absolute atomic E-state index is 0.0456. The highest BCUT2D eigenvalue weighted by atomic mass is 32.2. The molecule has 0 aliphatic carbocycles. The van der Waals surface area contributed by atoms with Gasteiger partial charge in [-0.2, -0.15) is 0 Å². The van der Waals surface area contributed by atoms with Crippen LogP contribution >= 0.6 is 0 Å². The van der Waals surface area contributed by atoms with E-state index >= 15 is 0 Å². The molecule has 0 fully saturated rings. The Morgan fingerprint density at radius 2 is 1.32 bits per heavy atom. The normalized spacial score (nSPS) is 12.3. The number of ether oxygens (including phenoxy) is 1. The van der Waals surface area contributed by atoms with Gasteiger partial charge < -0.3 is 14.9 Å². The van der Waals surface area contributed by atoms with Crippen molar-refractivity contribution in [1.29, 1.82) is 0 Å². The second-order valence-corrected chi connectivity index (χ2v) is 11.6. The zero-order chi connectivity index (χ0) is 28.4. The van der Waals surface area contributed by atoms with Gasteiger partial charge in [0, 0.05) is 19.6 Å². The van der Waals surface area contributed by atoms with E-state index in [-0.39, 0.29) is 26.3 Å². The lowest BCUT2D eigenvalue weighted by atomic mass is 10.1. The van der Waals surface area contributed by atoms with Gasteiger partial charge in [0.2, 0.25) is 10.0 Å². The first-order valence-electron chi connectivity index (χ1n) is 13.2. The summed E-state index contributed by atoms with van der Waals surface area (Å²) in [7, 11) is -3.71. The number of hydrogen-bond acceptors (Lipinski definition) is 6. The number of sulfonamides is 1. The molecule has 0 amide bonds. The Morgan fingerprint density at radius 1 is 0.775 bits per heavy atom. The van der Waals surface area contributed by atoms with Crippen molar-refractivity contribution < 1.29 is 23.4 Å². The van der Waals surface area contributed by atoms with E-state index in [9.17, 15) is 18.6 Å². The highest BCUT2D eigenvalue weighted by Crippen LogP contribution is 2.35. The fourth-order valence-corrected chi connectivity index (χ4v) is 5.38. The fraction of sp³-hybridized carbons (Fsp3) is 0.250. The molecule has 8 heteroatoms. The Hall–Kier alpha value is -3.69. The van der Waals surface area contributed by atoms with Gasteiger partial charge in [0.25, 0.3) is 0 Å². The molecular formula is C32H36N2O5S. The molecule has 0 bridgehead atoms. The zero-order valence-electron chi connectivity index (χ0n) is 22.6. The molecule has 1 unspecified atom stereocenters. The minimum atomic E-state index is -3.71. The Kier molecular flexibility index (Phi) is 10.3. The van der Waals surface area contributed by atoms with Crippen LogP contribution in [0.1, 0.15) is 28.4 Å². The molecule has 0 aromatic heterocycles. The molecule has 4 rings (SSSR count). The van der Waals surface area contributed by atoms with E-state index in [2.05, 4.69) is 0 Å². The number of nitrogens with zero attached hydrogens (tertiary/aromatic N) is 2. The first-order chi connectivity index (χ1) is 19.3. The quantitative estimate of drug-likeness (QED) is 0.231. The average molecular weight is 561 g/mol. The van der Waals surface area contributed by atoms with Gasteiger partial charge in [-0.1, -0.05) is 97.1 Å². The van der Waals surface area contributed by atoms with E-state index in [0.29, 0.717) is 30.1 Å². The first-order valence-corrected chi connectivity index (χ1v) is 15.1. The van der Waals surface area contributed by atoms with Gasteiger partial charge in [-0.25, -0.2) is 8.42 Å². The monoisotopic (exact) mass is 560 g/mol. The van der Waals surface area contributed by atoms with Crippen LogP contribution in [0.4, 0.5) is 5.69 Å². The third kappa shape index (κ3) is 8.40. The van der Waals surface area contributed by atoms with E-state index < -0.39 is 16.1 Å². The van der Waals surface area contributed by atoms with Crippen LogP contribution < -0.4 is 9.04 Å². The number of aliphatic hydroxyl groups excluding tert-OH is 2. The number of hydrogen-bond donors (Lipinski definition) is 2. The Bertz CT molecular complexity index is 1430. The molecule has 0 aliphatic heterocycles. The summed E-state index contributed by atoms with van der Waals surface area (Å²) in [6.45, 7) is 1.55. The Balaban J connectivity index is 1.65. The molecule has 0 radical (unpaired) electrons. The summed E-state index contributed by atoms with van der Waals surface area (Å²) >= 11 is 0. The molecule has 0 heterocycles. The summed E-state index contributed by atoms with van der Waals surface area (Å²) in [5.74, 6) is 0.401. The van der Waals surface area contributed by atoms with Gasteiger partial charge in [0.05, 0.1) is 31.2 Å². The van der Waals surface area contributed by atoms with Crippen LogP contribution in [0.5, 0.6) is 5.75 Å². The molecular weight excluding hydrogens is 524 g/mol. The van der Waals surface area contributed by atoms with Gasteiger partial charge in [0.1, 0.15) is 12.4 Å². The van der Waals surface area contributed by atoms with Crippen LogP contribution in [0.15, 0.2) is 109 Å². The van der Waals surface area contributed by atoms with Crippen LogP contribution in [0.25, 0.3) is 0 Å². The maximum Gasteiger partial charge on any atom is 0.232 e. The van der Waals surface area contributed by atoms with E-state index in [1.54, 1.807) is 18.2 Å². The fourth-order valence-electron chi connectivity index (χ4n) is 4.49. The molecule has 1 atom stereocenters. The van der Waals surface area contributed by atoms with Gasteiger partial charge >= 0.3 is 0 Å². The van der Waals surface area contributed by atoms with Crippen molar-refractivity contribution in [3.63, 3.8) is 0 Å². The number of aliphatic hydroxyl groups is 2. The molecule has 40 heavy (non-hydrogen) atoms. The van der Waals surface area contributed by atoms with E-state index in [1.807, 2.05) is 95.9 Å². The standard InChI is InChI=1S/C32H36N2O5S/c1-40(37,38)34(23-27-13-7-3-8-14-27)30-21-29(17-18-32(30)39-25-28-15-9-4-10-16-28)31(36)24-33(19-20-35)22-26-11-5-2-6-12-26/h2-18,21,31,35-36H,19-20,22-25H2,1H3. The van der Waals surface area contributed by atoms with Crippen molar-refractivity contribution >= 4 is 15.7 Å². The van der Waals surface area contributed by atoms with Crippen molar-refractivity contribution in [2.24, 2.45) is 0 Å². The Labute approximate surface area is 237 Å². The lowest BCUT2D eigenvalue weighted by molar-refractivity contribution is 0.0956. The molecule has 0 spiro atoms. The van der Waals surface area contributed by atoms with Crippen LogP contribution in [-0.2, 0) is 29.7 Å². The topological polar surface area (TPSA) is 90.3 Å².